The second kappa shape index (κ2) is 9.20. The van der Waals surface area contributed by atoms with E-state index in [4.69, 9.17) is 39.8 Å². The molecule has 0 atom stereocenters. The zero-order chi connectivity index (χ0) is 24.9. The van der Waals surface area contributed by atoms with Gasteiger partial charge in [0.1, 0.15) is 17.2 Å². The molecule has 1 aliphatic heterocycles. The summed E-state index contributed by atoms with van der Waals surface area (Å²) in [6.07, 6.45) is 1.62. The predicted molar refractivity (Wildman–Crippen MR) is 146 cm³/mol. The van der Waals surface area contributed by atoms with Gasteiger partial charge in [-0.05, 0) is 49.4 Å². The van der Waals surface area contributed by atoms with E-state index in [1.165, 1.54) is 9.58 Å². The maximum absolute atomic E-state index is 13.4. The summed E-state index contributed by atoms with van der Waals surface area (Å²) in [7, 11) is 1.77. The molecule has 5 rings (SSSR count). The molecule has 0 spiro atoms. The van der Waals surface area contributed by atoms with E-state index in [9.17, 15) is 9.59 Å². The number of carbonyl (C=O) groups excluding carboxylic acids is 1. The third-order valence-electron chi connectivity index (χ3n) is 5.65. The van der Waals surface area contributed by atoms with Crippen LogP contribution in [0.3, 0.4) is 0 Å². The summed E-state index contributed by atoms with van der Waals surface area (Å²) in [5, 5.41) is 0.871. The van der Waals surface area contributed by atoms with E-state index in [1.54, 1.807) is 55.1 Å². The highest BCUT2D eigenvalue weighted by Crippen LogP contribution is 2.37. The Balaban J connectivity index is 1.49. The van der Waals surface area contributed by atoms with E-state index in [0.29, 0.717) is 37.9 Å². The molecule has 0 bridgehead atoms. The third-order valence-corrected chi connectivity index (χ3v) is 7.69. The lowest BCUT2D eigenvalue weighted by Gasteiger charge is -2.12. The standard InChI is InChI=1S/C25H17Cl2N3O3S2/c1-14-22(24(32)30(28(14)2)16-6-4-3-5-7-16)29-23(31)21(35-25(29)34)13-17-9-11-20(33-17)15-8-10-18(26)19(27)12-15/h3-13H,1-2H3. The predicted octanol–water partition coefficient (Wildman–Crippen LogP) is 6.46. The molecule has 0 unspecified atom stereocenters. The monoisotopic (exact) mass is 541 g/mol. The maximum Gasteiger partial charge on any atom is 0.296 e. The summed E-state index contributed by atoms with van der Waals surface area (Å²) >= 11 is 18.7. The Bertz CT molecular complexity index is 1590. The number of rotatable bonds is 4. The van der Waals surface area contributed by atoms with Gasteiger partial charge >= 0.3 is 0 Å². The Hall–Kier alpha value is -3.04. The average Bonchev–Trinajstić information content (AvgIpc) is 3.47. The molecule has 0 aliphatic carbocycles. The number of thioether (sulfide) groups is 1. The smallest absolute Gasteiger partial charge is 0.296 e. The average molecular weight is 542 g/mol. The summed E-state index contributed by atoms with van der Waals surface area (Å²) < 4.78 is 9.42. The number of thiocarbonyl (C=S) groups is 1. The Labute approximate surface area is 220 Å². The SMILES string of the molecule is Cc1c(N2C(=O)C(=Cc3ccc(-c4ccc(Cl)c(Cl)c4)o3)SC2=S)c(=O)n(-c2ccccc2)n1C. The lowest BCUT2D eigenvalue weighted by atomic mass is 10.2. The van der Waals surface area contributed by atoms with E-state index in [-0.39, 0.29) is 21.5 Å². The van der Waals surface area contributed by atoms with E-state index < -0.39 is 0 Å². The molecule has 6 nitrogen and oxygen atoms in total. The van der Waals surface area contributed by atoms with Crippen LogP contribution in [0.2, 0.25) is 10.0 Å². The lowest BCUT2D eigenvalue weighted by Crippen LogP contribution is -2.33. The first kappa shape index (κ1) is 23.7. The third kappa shape index (κ3) is 4.16. The lowest BCUT2D eigenvalue weighted by molar-refractivity contribution is -0.113. The van der Waals surface area contributed by atoms with Gasteiger partial charge in [0.25, 0.3) is 11.5 Å². The van der Waals surface area contributed by atoms with Crippen LogP contribution in [0.25, 0.3) is 23.1 Å². The first-order valence-corrected chi connectivity index (χ1v) is 12.4. The number of hydrogen-bond donors (Lipinski definition) is 0. The van der Waals surface area contributed by atoms with E-state index in [0.717, 1.165) is 17.3 Å². The highest BCUT2D eigenvalue weighted by atomic mass is 35.5. The quantitative estimate of drug-likeness (QED) is 0.219. The molecular weight excluding hydrogens is 525 g/mol. The first-order valence-electron chi connectivity index (χ1n) is 10.4. The molecule has 2 aromatic heterocycles. The minimum Gasteiger partial charge on any atom is -0.457 e. The zero-order valence-electron chi connectivity index (χ0n) is 18.5. The topological polar surface area (TPSA) is 60.4 Å². The van der Waals surface area contributed by atoms with Crippen molar-refractivity contribution in [3.05, 3.63) is 97.4 Å². The van der Waals surface area contributed by atoms with Crippen molar-refractivity contribution in [1.82, 2.24) is 9.36 Å². The van der Waals surface area contributed by atoms with Gasteiger partial charge in [0, 0.05) is 18.7 Å². The van der Waals surface area contributed by atoms with Gasteiger partial charge in [-0.15, -0.1) is 0 Å². The number of aromatic nitrogens is 2. The van der Waals surface area contributed by atoms with Crippen LogP contribution in [0.5, 0.6) is 0 Å². The van der Waals surface area contributed by atoms with Gasteiger partial charge in [-0.2, -0.15) is 0 Å². The van der Waals surface area contributed by atoms with Crippen molar-refractivity contribution in [3.63, 3.8) is 0 Å². The van der Waals surface area contributed by atoms with Crippen LogP contribution in [0.15, 0.2) is 74.8 Å². The van der Waals surface area contributed by atoms with E-state index in [1.807, 2.05) is 30.3 Å². The number of anilines is 1. The molecule has 35 heavy (non-hydrogen) atoms. The molecule has 0 radical (unpaired) electrons. The largest absolute Gasteiger partial charge is 0.457 e. The number of benzene rings is 2. The highest BCUT2D eigenvalue weighted by molar-refractivity contribution is 8.27. The van der Waals surface area contributed by atoms with Gasteiger partial charge in [-0.25, -0.2) is 4.68 Å². The van der Waals surface area contributed by atoms with Gasteiger partial charge < -0.3 is 4.42 Å². The number of carbonyl (C=O) groups is 1. The Morgan fingerprint density at radius 3 is 2.46 bits per heavy atom. The fraction of sp³-hybridized carbons (Fsp3) is 0.0800. The van der Waals surface area contributed by atoms with Crippen LogP contribution >= 0.6 is 47.2 Å². The number of para-hydroxylation sites is 1. The molecule has 3 heterocycles. The van der Waals surface area contributed by atoms with Crippen LogP contribution in [-0.2, 0) is 11.8 Å². The minimum absolute atomic E-state index is 0.234. The number of nitrogens with zero attached hydrogens (tertiary/aromatic N) is 3. The molecule has 176 valence electrons. The Morgan fingerprint density at radius 2 is 1.74 bits per heavy atom. The summed E-state index contributed by atoms with van der Waals surface area (Å²) in [6.45, 7) is 1.79. The molecule has 0 N–H and O–H groups in total. The van der Waals surface area contributed by atoms with Gasteiger partial charge in [0.15, 0.2) is 4.32 Å². The second-order valence-electron chi connectivity index (χ2n) is 7.76. The summed E-state index contributed by atoms with van der Waals surface area (Å²) in [6, 6.07) is 18.0. The first-order chi connectivity index (χ1) is 16.8. The van der Waals surface area contributed by atoms with Crippen LogP contribution in [0.1, 0.15) is 11.5 Å². The molecule has 1 aliphatic rings. The number of amides is 1. The maximum atomic E-state index is 13.4. The van der Waals surface area contributed by atoms with Gasteiger partial charge in [0.05, 0.1) is 26.3 Å². The summed E-state index contributed by atoms with van der Waals surface area (Å²) in [5.41, 5.74) is 1.98. The van der Waals surface area contributed by atoms with Crippen molar-refractivity contribution in [2.75, 3.05) is 4.90 Å². The van der Waals surface area contributed by atoms with Crippen LogP contribution in [0.4, 0.5) is 5.69 Å². The molecular formula is C25H17Cl2N3O3S2. The van der Waals surface area contributed by atoms with E-state index in [2.05, 4.69) is 0 Å². The van der Waals surface area contributed by atoms with Gasteiger partial charge in [-0.1, -0.05) is 65.4 Å². The fourth-order valence-electron chi connectivity index (χ4n) is 3.84. The number of hydrogen-bond acceptors (Lipinski definition) is 5. The minimum atomic E-state index is -0.376. The Kier molecular flexibility index (Phi) is 6.23. The molecule has 10 heteroatoms. The van der Waals surface area contributed by atoms with Crippen molar-refractivity contribution in [2.45, 2.75) is 6.92 Å². The second-order valence-corrected chi connectivity index (χ2v) is 10.2. The summed E-state index contributed by atoms with van der Waals surface area (Å²) in [5.74, 6) is 0.673. The fourth-order valence-corrected chi connectivity index (χ4v) is 5.39. The molecule has 0 saturated carbocycles. The van der Waals surface area contributed by atoms with Crippen LogP contribution < -0.4 is 10.5 Å². The molecule has 1 fully saturated rings. The molecule has 1 amide bonds. The van der Waals surface area contributed by atoms with Crippen LogP contribution in [-0.4, -0.2) is 19.6 Å². The highest BCUT2D eigenvalue weighted by Gasteiger charge is 2.38. The van der Waals surface area contributed by atoms with Crippen molar-refractivity contribution >= 4 is 69.2 Å². The number of halogens is 2. The molecule has 2 aromatic carbocycles. The van der Waals surface area contributed by atoms with Crippen LogP contribution in [0, 0.1) is 6.92 Å². The van der Waals surface area contributed by atoms with Crippen molar-refractivity contribution < 1.29 is 9.21 Å². The molecule has 4 aromatic rings. The normalized spacial score (nSPS) is 15.0. The van der Waals surface area contributed by atoms with Crippen molar-refractivity contribution in [2.24, 2.45) is 7.05 Å². The number of furan rings is 1. The zero-order valence-corrected chi connectivity index (χ0v) is 21.6. The van der Waals surface area contributed by atoms with Crippen molar-refractivity contribution in [3.8, 4) is 17.0 Å². The summed E-state index contributed by atoms with van der Waals surface area (Å²) in [4.78, 5) is 28.4. The van der Waals surface area contributed by atoms with Gasteiger partial charge in [0.2, 0.25) is 0 Å². The van der Waals surface area contributed by atoms with E-state index >= 15 is 0 Å². The van der Waals surface area contributed by atoms with Gasteiger partial charge in [-0.3, -0.25) is 19.2 Å². The molecule has 1 saturated heterocycles. The Morgan fingerprint density at radius 1 is 1.00 bits per heavy atom. The van der Waals surface area contributed by atoms with Crippen molar-refractivity contribution in [1.29, 1.82) is 0 Å².